The van der Waals surface area contributed by atoms with Crippen LogP contribution in [0, 0.1) is 6.92 Å². The van der Waals surface area contributed by atoms with Crippen LogP contribution < -0.4 is 15.5 Å². The summed E-state index contributed by atoms with van der Waals surface area (Å²) in [5.74, 6) is -0.970. The number of carbonyl (C=O) groups excluding carboxylic acids is 1. The molecule has 32 heavy (non-hydrogen) atoms. The van der Waals surface area contributed by atoms with Crippen LogP contribution in [0.25, 0.3) is 0 Å². The number of ether oxygens (including phenoxy) is 1. The van der Waals surface area contributed by atoms with E-state index in [0.29, 0.717) is 57.2 Å². The monoisotopic (exact) mass is 546 g/mol. The van der Waals surface area contributed by atoms with Crippen LogP contribution in [-0.2, 0) is 4.74 Å². The molecule has 2 aromatic heterocycles. The van der Waals surface area contributed by atoms with Crippen molar-refractivity contribution in [1.29, 1.82) is 0 Å². The molecule has 0 aliphatic carbocycles. The van der Waals surface area contributed by atoms with Gasteiger partial charge in [0.1, 0.15) is 22.1 Å². The third-order valence-corrected chi connectivity index (χ3v) is 7.64. The first-order valence-electron chi connectivity index (χ1n) is 9.79. The number of methoxy groups -OCH3 is 1. The lowest BCUT2D eigenvalue weighted by Crippen LogP contribution is -2.43. The number of amidine groups is 1. The maximum Gasteiger partial charge on any atom is 0.348 e. The first kappa shape index (κ1) is 24.5. The van der Waals surface area contributed by atoms with E-state index in [2.05, 4.69) is 41.5 Å². The second-order valence-corrected chi connectivity index (χ2v) is 9.24. The molecule has 0 saturated carbocycles. The molecular formula is C19H24BrClN6O4S. The van der Waals surface area contributed by atoms with E-state index in [0.717, 1.165) is 11.3 Å². The number of rotatable bonds is 7. The van der Waals surface area contributed by atoms with Crippen molar-refractivity contribution in [2.45, 2.75) is 26.0 Å². The summed E-state index contributed by atoms with van der Waals surface area (Å²) in [6.45, 7) is 5.10. The number of aromatic amines is 1. The number of nitrogens with one attached hydrogen (secondary N) is 3. The number of aryl methyl sites for hydroxylation is 1. The molecule has 1 fully saturated rings. The highest BCUT2D eigenvalue weighted by Crippen LogP contribution is 2.32. The summed E-state index contributed by atoms with van der Waals surface area (Å²) in [6.07, 6.45) is -0.307. The van der Waals surface area contributed by atoms with Gasteiger partial charge < -0.3 is 30.4 Å². The minimum absolute atomic E-state index is 0.100. The van der Waals surface area contributed by atoms with E-state index in [1.807, 2.05) is 11.8 Å². The van der Waals surface area contributed by atoms with E-state index >= 15 is 0 Å². The molecule has 2 unspecified atom stereocenters. The molecule has 1 aliphatic rings. The van der Waals surface area contributed by atoms with Gasteiger partial charge in [0.25, 0.3) is 5.91 Å². The molecule has 1 aliphatic heterocycles. The van der Waals surface area contributed by atoms with Crippen LogP contribution in [-0.4, -0.2) is 78.7 Å². The summed E-state index contributed by atoms with van der Waals surface area (Å²) in [5.41, 5.74) is 1.31. The van der Waals surface area contributed by atoms with Gasteiger partial charge >= 0.3 is 5.97 Å². The molecule has 10 nitrogen and oxygen atoms in total. The summed E-state index contributed by atoms with van der Waals surface area (Å²) in [4.78, 5) is 38.3. The number of thiazole rings is 1. The zero-order valence-corrected chi connectivity index (χ0v) is 21.1. The molecule has 0 spiro atoms. The molecule has 0 bridgehead atoms. The van der Waals surface area contributed by atoms with Crippen molar-refractivity contribution >= 4 is 61.7 Å². The van der Waals surface area contributed by atoms with Crippen LogP contribution in [0.1, 0.15) is 38.5 Å². The number of amides is 1. The number of nitrogens with zero attached hydrogens (tertiary/aromatic N) is 3. The van der Waals surface area contributed by atoms with E-state index < -0.39 is 5.97 Å². The van der Waals surface area contributed by atoms with Crippen molar-refractivity contribution in [2.24, 2.45) is 4.99 Å². The fourth-order valence-electron chi connectivity index (χ4n) is 3.46. The van der Waals surface area contributed by atoms with E-state index in [9.17, 15) is 14.7 Å². The minimum atomic E-state index is -1.07. The Kier molecular flexibility index (Phi) is 7.80. The molecule has 4 N–H and O–H groups in total. The summed E-state index contributed by atoms with van der Waals surface area (Å²) in [5, 5.41) is 16.6. The Morgan fingerprint density at radius 2 is 2.19 bits per heavy atom. The highest BCUT2D eigenvalue weighted by atomic mass is 79.9. The number of aromatic carboxylic acids is 1. The summed E-state index contributed by atoms with van der Waals surface area (Å²) >= 11 is 10.6. The summed E-state index contributed by atoms with van der Waals surface area (Å²) in [6, 6.07) is -0.338. The Morgan fingerprint density at radius 1 is 1.47 bits per heavy atom. The van der Waals surface area contributed by atoms with Gasteiger partial charge in [-0.3, -0.25) is 9.79 Å². The molecule has 3 heterocycles. The van der Waals surface area contributed by atoms with Gasteiger partial charge in [-0.2, -0.15) is 0 Å². The molecule has 2 aromatic rings. The second-order valence-electron chi connectivity index (χ2n) is 7.09. The Bertz CT molecular complexity index is 1060. The second kappa shape index (κ2) is 10.2. The van der Waals surface area contributed by atoms with E-state index in [4.69, 9.17) is 16.3 Å². The minimum Gasteiger partial charge on any atom is -0.477 e. The highest BCUT2D eigenvalue weighted by Gasteiger charge is 2.37. The lowest BCUT2D eigenvalue weighted by Gasteiger charge is -2.17. The lowest BCUT2D eigenvalue weighted by molar-refractivity contribution is 0.0701. The number of carboxylic acid groups (broad SMARTS) is 1. The molecule has 2 atom stereocenters. The van der Waals surface area contributed by atoms with Crippen LogP contribution in [0.4, 0.5) is 5.13 Å². The molecule has 0 aromatic carbocycles. The number of H-pyrrole nitrogens is 1. The van der Waals surface area contributed by atoms with Gasteiger partial charge in [0.15, 0.2) is 5.13 Å². The SMILES string of the molecule is CCNC(=NC)c1nc(N2CC(NC(=O)c3[nH]c(C)c(Cl)c3Br)C(OC)C2)sc1C(=O)O. The van der Waals surface area contributed by atoms with Crippen LogP contribution >= 0.6 is 38.9 Å². The van der Waals surface area contributed by atoms with Crippen molar-refractivity contribution in [3.8, 4) is 0 Å². The van der Waals surface area contributed by atoms with E-state index in [-0.39, 0.29) is 22.9 Å². The van der Waals surface area contributed by atoms with E-state index in [1.165, 1.54) is 0 Å². The van der Waals surface area contributed by atoms with Crippen molar-refractivity contribution < 1.29 is 19.4 Å². The molecule has 13 heteroatoms. The predicted octanol–water partition coefficient (Wildman–Crippen LogP) is 2.51. The number of carboxylic acids is 1. The van der Waals surface area contributed by atoms with Crippen molar-refractivity contribution in [1.82, 2.24) is 20.6 Å². The van der Waals surface area contributed by atoms with Crippen LogP contribution in [0.5, 0.6) is 0 Å². The quantitative estimate of drug-likeness (QED) is 0.309. The molecule has 0 radical (unpaired) electrons. The molecule has 3 rings (SSSR count). The number of hydrogen-bond donors (Lipinski definition) is 4. The fourth-order valence-corrected chi connectivity index (χ4v) is 5.10. The zero-order valence-electron chi connectivity index (χ0n) is 18.0. The van der Waals surface area contributed by atoms with Crippen molar-refractivity contribution in [2.75, 3.05) is 38.7 Å². The first-order chi connectivity index (χ1) is 15.2. The highest BCUT2D eigenvalue weighted by molar-refractivity contribution is 9.10. The maximum absolute atomic E-state index is 12.8. The fraction of sp³-hybridized carbons (Fsp3) is 0.474. The molecular weight excluding hydrogens is 524 g/mol. The number of hydrogen-bond acceptors (Lipinski definition) is 7. The average Bonchev–Trinajstić information content (AvgIpc) is 3.44. The lowest BCUT2D eigenvalue weighted by atomic mass is 10.2. The number of anilines is 1. The third kappa shape index (κ3) is 4.77. The summed E-state index contributed by atoms with van der Waals surface area (Å²) < 4.78 is 6.09. The molecule has 1 amide bonds. The van der Waals surface area contributed by atoms with Gasteiger partial charge in [-0.15, -0.1) is 0 Å². The number of aliphatic imine (C=N–C) groups is 1. The Hall–Kier alpha value is -2.15. The molecule has 174 valence electrons. The standard InChI is InChI=1S/C19H24BrClN6O4S/c1-5-23-16(22-3)14-15(18(29)30)32-19(26-14)27-6-9(10(7-27)31-4)25-17(28)13-11(20)12(21)8(2)24-13/h9-10,24H,5-7H2,1-4H3,(H,22,23)(H,25,28)(H,29,30). The number of aromatic nitrogens is 2. The summed E-state index contributed by atoms with van der Waals surface area (Å²) in [7, 11) is 3.15. The van der Waals surface area contributed by atoms with Crippen molar-refractivity contribution in [3.05, 3.63) is 31.5 Å². The van der Waals surface area contributed by atoms with Gasteiger partial charge in [-0.1, -0.05) is 22.9 Å². The van der Waals surface area contributed by atoms with Crippen molar-refractivity contribution in [3.63, 3.8) is 0 Å². The average molecular weight is 548 g/mol. The van der Waals surface area contributed by atoms with Gasteiger partial charge in [-0.05, 0) is 29.8 Å². The molecule has 1 saturated heterocycles. The van der Waals surface area contributed by atoms with Gasteiger partial charge in [0.05, 0.1) is 21.6 Å². The zero-order chi connectivity index (χ0) is 23.6. The van der Waals surface area contributed by atoms with E-state index in [1.54, 1.807) is 21.1 Å². The van der Waals surface area contributed by atoms with Crippen LogP contribution in [0.3, 0.4) is 0 Å². The predicted molar refractivity (Wildman–Crippen MR) is 128 cm³/mol. The Labute approximate surface area is 202 Å². The first-order valence-corrected chi connectivity index (χ1v) is 11.8. The topological polar surface area (TPSA) is 132 Å². The third-order valence-electron chi connectivity index (χ3n) is 5.04. The van der Waals surface area contributed by atoms with Gasteiger partial charge in [-0.25, -0.2) is 9.78 Å². The largest absolute Gasteiger partial charge is 0.477 e. The van der Waals surface area contributed by atoms with Gasteiger partial charge in [0.2, 0.25) is 0 Å². The number of carbonyl (C=O) groups is 2. The normalized spacial score (nSPS) is 18.8. The maximum atomic E-state index is 12.8. The van der Waals surface area contributed by atoms with Crippen LogP contribution in [0.2, 0.25) is 5.02 Å². The Balaban J connectivity index is 1.83. The Morgan fingerprint density at radius 3 is 2.72 bits per heavy atom. The smallest absolute Gasteiger partial charge is 0.348 e. The van der Waals surface area contributed by atoms with Crippen LogP contribution in [0.15, 0.2) is 9.47 Å². The number of halogens is 2. The van der Waals surface area contributed by atoms with Gasteiger partial charge in [0, 0.05) is 39.5 Å².